The van der Waals surface area contributed by atoms with E-state index in [1.165, 1.54) is 12.3 Å². The lowest BCUT2D eigenvalue weighted by molar-refractivity contribution is -0.128. The molecule has 2 aromatic carbocycles. The molecular weight excluding hydrogens is 330 g/mol. The number of hydrazone groups is 1. The second-order valence-electron chi connectivity index (χ2n) is 4.58. The smallest absolute Gasteiger partial charge is 0.336 e. The minimum atomic E-state index is -0.748. The monoisotopic (exact) mass is 343 g/mol. The van der Waals surface area contributed by atoms with E-state index in [2.05, 4.69) is 10.5 Å². The fraction of sp³-hybridized carbons (Fsp3) is 0. The Morgan fingerprint density at radius 3 is 2.50 bits per heavy atom. The molecule has 2 rings (SSSR count). The molecule has 7 heteroatoms. The van der Waals surface area contributed by atoms with Crippen molar-refractivity contribution in [3.8, 4) is 5.75 Å². The Bertz CT molecular complexity index is 786. The van der Waals surface area contributed by atoms with Crippen LogP contribution in [0, 0.1) is 0 Å². The Labute approximate surface area is 143 Å². The zero-order valence-electron chi connectivity index (χ0n) is 12.5. The van der Waals surface area contributed by atoms with Crippen LogP contribution in [-0.4, -0.2) is 18.2 Å². The van der Waals surface area contributed by atoms with Crippen LogP contribution in [0.1, 0.15) is 11.1 Å². The van der Waals surface area contributed by atoms with Gasteiger partial charge in [0, 0.05) is 11.1 Å². The number of nitrogens with zero attached hydrogens (tertiary/aromatic N) is 1. The van der Waals surface area contributed by atoms with Crippen molar-refractivity contribution in [3.63, 3.8) is 0 Å². The molecule has 0 radical (unpaired) electrons. The van der Waals surface area contributed by atoms with Crippen molar-refractivity contribution in [2.24, 2.45) is 10.8 Å². The Morgan fingerprint density at radius 2 is 1.83 bits per heavy atom. The molecule has 0 unspecified atom stereocenters. The van der Waals surface area contributed by atoms with Crippen molar-refractivity contribution in [2.75, 3.05) is 0 Å². The van der Waals surface area contributed by atoms with Crippen molar-refractivity contribution in [3.05, 3.63) is 70.8 Å². The number of carbonyl (C=O) groups is 2. The number of nitrogens with one attached hydrogen (secondary N) is 1. The van der Waals surface area contributed by atoms with Gasteiger partial charge in [-0.2, -0.15) is 5.10 Å². The molecule has 24 heavy (non-hydrogen) atoms. The number of amides is 2. The van der Waals surface area contributed by atoms with Gasteiger partial charge in [0.05, 0.1) is 6.21 Å². The molecule has 0 atom stereocenters. The summed E-state index contributed by atoms with van der Waals surface area (Å²) < 4.78 is 5.17. The van der Waals surface area contributed by atoms with Crippen molar-refractivity contribution < 1.29 is 14.3 Å². The van der Waals surface area contributed by atoms with Gasteiger partial charge < -0.3 is 10.5 Å². The van der Waals surface area contributed by atoms with Crippen molar-refractivity contribution >= 4 is 35.9 Å². The number of urea groups is 1. The van der Waals surface area contributed by atoms with Gasteiger partial charge in [-0.25, -0.2) is 15.0 Å². The summed E-state index contributed by atoms with van der Waals surface area (Å²) in [5.41, 5.74) is 8.39. The summed E-state index contributed by atoms with van der Waals surface area (Å²) in [6, 6.07) is 13.0. The molecule has 6 nitrogen and oxygen atoms in total. The summed E-state index contributed by atoms with van der Waals surface area (Å²) in [5, 5.41) is 4.17. The number of esters is 1. The van der Waals surface area contributed by atoms with Crippen LogP contribution in [0.4, 0.5) is 4.79 Å². The molecule has 2 amide bonds. The Kier molecular flexibility index (Phi) is 6.10. The maximum absolute atomic E-state index is 11.8. The minimum absolute atomic E-state index is 0.379. The topological polar surface area (TPSA) is 93.8 Å². The molecular formula is C17H14ClN3O3. The lowest BCUT2D eigenvalue weighted by Gasteiger charge is -2.02. The molecule has 0 aromatic heterocycles. The molecule has 3 N–H and O–H groups in total. The first kappa shape index (κ1) is 17.2. The van der Waals surface area contributed by atoms with Gasteiger partial charge in [-0.05, 0) is 47.5 Å². The molecule has 0 aliphatic heterocycles. The Balaban J connectivity index is 1.93. The zero-order chi connectivity index (χ0) is 17.4. The number of carbonyl (C=O) groups excluding carboxylic acids is 2. The number of halogens is 1. The van der Waals surface area contributed by atoms with E-state index in [0.29, 0.717) is 16.3 Å². The van der Waals surface area contributed by atoms with Crippen LogP contribution in [0.5, 0.6) is 5.75 Å². The number of hydrogen-bond acceptors (Lipinski definition) is 4. The molecule has 0 spiro atoms. The highest BCUT2D eigenvalue weighted by atomic mass is 35.5. The van der Waals surface area contributed by atoms with Crippen LogP contribution < -0.4 is 15.9 Å². The highest BCUT2D eigenvalue weighted by Crippen LogP contribution is 2.17. The van der Waals surface area contributed by atoms with Gasteiger partial charge in [-0.15, -0.1) is 0 Å². The third-order valence-electron chi connectivity index (χ3n) is 2.79. The first-order valence-corrected chi connectivity index (χ1v) is 7.25. The maximum Gasteiger partial charge on any atom is 0.336 e. The zero-order valence-corrected chi connectivity index (χ0v) is 13.2. The first-order chi connectivity index (χ1) is 11.5. The minimum Gasteiger partial charge on any atom is -0.423 e. The molecule has 0 fully saturated rings. The van der Waals surface area contributed by atoms with Crippen LogP contribution in [0.3, 0.4) is 0 Å². The highest BCUT2D eigenvalue weighted by molar-refractivity contribution is 6.32. The maximum atomic E-state index is 11.8. The normalized spacial score (nSPS) is 10.9. The van der Waals surface area contributed by atoms with E-state index in [4.69, 9.17) is 22.1 Å². The average Bonchev–Trinajstić information content (AvgIpc) is 2.55. The first-order valence-electron chi connectivity index (χ1n) is 6.87. The van der Waals surface area contributed by atoms with Gasteiger partial charge in [-0.1, -0.05) is 29.8 Å². The predicted octanol–water partition coefficient (Wildman–Crippen LogP) is 2.96. The highest BCUT2D eigenvalue weighted by Gasteiger charge is 2.01. The average molecular weight is 344 g/mol. The third-order valence-corrected chi connectivity index (χ3v) is 3.14. The van der Waals surface area contributed by atoms with Gasteiger partial charge in [0.15, 0.2) is 0 Å². The molecule has 122 valence electrons. The van der Waals surface area contributed by atoms with Gasteiger partial charge in [-0.3, -0.25) is 0 Å². The van der Waals surface area contributed by atoms with Crippen LogP contribution in [0.2, 0.25) is 5.02 Å². The standard InChI is InChI=1S/C17H14ClN3O3/c18-15-4-2-1-3-13(15)7-10-16(22)24-14-8-5-12(6-9-14)11-20-21-17(19)23/h1-11H,(H3,19,21,23)/b10-7+,20-11-. The number of nitrogens with two attached hydrogens (primary N) is 1. The van der Waals surface area contributed by atoms with E-state index in [0.717, 1.165) is 5.56 Å². The molecule has 2 aromatic rings. The molecule has 0 saturated carbocycles. The molecule has 0 bridgehead atoms. The largest absolute Gasteiger partial charge is 0.423 e. The van der Waals surface area contributed by atoms with Crippen LogP contribution in [-0.2, 0) is 4.79 Å². The second kappa shape index (κ2) is 8.50. The fourth-order valence-corrected chi connectivity index (χ4v) is 1.91. The number of primary amides is 1. The SMILES string of the molecule is NC(=O)N/N=C\c1ccc(OC(=O)/C=C/c2ccccc2Cl)cc1. The van der Waals surface area contributed by atoms with Gasteiger partial charge >= 0.3 is 12.0 Å². The van der Waals surface area contributed by atoms with E-state index < -0.39 is 12.0 Å². The lowest BCUT2D eigenvalue weighted by atomic mass is 10.2. The summed E-state index contributed by atoms with van der Waals surface area (Å²) in [5.74, 6) is -0.143. The Morgan fingerprint density at radius 1 is 1.12 bits per heavy atom. The predicted molar refractivity (Wildman–Crippen MR) is 92.9 cm³/mol. The van der Waals surface area contributed by atoms with E-state index in [1.807, 2.05) is 12.1 Å². The fourth-order valence-electron chi connectivity index (χ4n) is 1.71. The van der Waals surface area contributed by atoms with Gasteiger partial charge in [0.1, 0.15) is 5.75 Å². The van der Waals surface area contributed by atoms with E-state index >= 15 is 0 Å². The molecule has 0 aliphatic carbocycles. The second-order valence-corrected chi connectivity index (χ2v) is 4.99. The number of rotatable bonds is 5. The Hall–Kier alpha value is -3.12. The third kappa shape index (κ3) is 5.58. The van der Waals surface area contributed by atoms with Crippen LogP contribution in [0.25, 0.3) is 6.08 Å². The lowest BCUT2D eigenvalue weighted by Crippen LogP contribution is -2.24. The molecule has 0 saturated heterocycles. The van der Waals surface area contributed by atoms with Crippen LogP contribution >= 0.6 is 11.6 Å². The van der Waals surface area contributed by atoms with Crippen LogP contribution in [0.15, 0.2) is 59.7 Å². The van der Waals surface area contributed by atoms with Crippen molar-refractivity contribution in [1.82, 2.24) is 5.43 Å². The summed E-state index contributed by atoms with van der Waals surface area (Å²) >= 11 is 6.00. The number of hydrogen-bond donors (Lipinski definition) is 2. The summed E-state index contributed by atoms with van der Waals surface area (Å²) in [4.78, 5) is 22.3. The molecule has 0 heterocycles. The van der Waals surface area contributed by atoms with Crippen molar-refractivity contribution in [2.45, 2.75) is 0 Å². The number of benzene rings is 2. The van der Waals surface area contributed by atoms with Crippen molar-refractivity contribution in [1.29, 1.82) is 0 Å². The van der Waals surface area contributed by atoms with E-state index in [9.17, 15) is 9.59 Å². The molecule has 0 aliphatic rings. The van der Waals surface area contributed by atoms with E-state index in [1.54, 1.807) is 42.5 Å². The van der Waals surface area contributed by atoms with Gasteiger partial charge in [0.2, 0.25) is 0 Å². The number of ether oxygens (including phenoxy) is 1. The summed E-state index contributed by atoms with van der Waals surface area (Å²) in [7, 11) is 0. The van der Waals surface area contributed by atoms with E-state index in [-0.39, 0.29) is 0 Å². The van der Waals surface area contributed by atoms with Gasteiger partial charge in [0.25, 0.3) is 0 Å². The quantitative estimate of drug-likeness (QED) is 0.287. The summed E-state index contributed by atoms with van der Waals surface area (Å²) in [6.07, 6.45) is 4.29. The summed E-state index contributed by atoms with van der Waals surface area (Å²) in [6.45, 7) is 0.